The van der Waals surface area contributed by atoms with E-state index < -0.39 is 10.0 Å². The first-order chi connectivity index (χ1) is 11.0. The lowest BCUT2D eigenvalue weighted by atomic mass is 10.1. The first-order valence-corrected chi connectivity index (χ1v) is 9.31. The summed E-state index contributed by atoms with van der Waals surface area (Å²) in [7, 11) is -0.263. The maximum absolute atomic E-state index is 12.3. The number of likely N-dealkylation sites (tertiary alicyclic amines) is 1. The highest BCUT2D eigenvalue weighted by atomic mass is 32.2. The smallest absolute Gasteiger partial charge is 0.242 e. The molecular formula is C17H23N3O2S. The van der Waals surface area contributed by atoms with Crippen molar-refractivity contribution in [2.45, 2.75) is 30.3 Å². The summed E-state index contributed by atoms with van der Waals surface area (Å²) < 4.78 is 25.8. The fourth-order valence-electron chi connectivity index (χ4n) is 3.17. The van der Waals surface area contributed by atoms with Crippen LogP contribution in [0.1, 0.15) is 30.1 Å². The molecule has 1 saturated heterocycles. The molecule has 0 amide bonds. The molecule has 0 saturated carbocycles. The van der Waals surface area contributed by atoms with Crippen molar-refractivity contribution >= 4 is 10.0 Å². The quantitative estimate of drug-likeness (QED) is 0.915. The zero-order valence-electron chi connectivity index (χ0n) is 13.6. The van der Waals surface area contributed by atoms with Gasteiger partial charge < -0.3 is 4.98 Å². The molecule has 3 rings (SSSR count). The Morgan fingerprint density at radius 3 is 2.78 bits per heavy atom. The Morgan fingerprint density at radius 1 is 1.26 bits per heavy atom. The first kappa shape index (κ1) is 16.2. The molecular weight excluding hydrogens is 310 g/mol. The van der Waals surface area contributed by atoms with Crippen LogP contribution in [0.15, 0.2) is 47.5 Å². The number of nitrogens with one attached hydrogen (secondary N) is 1. The van der Waals surface area contributed by atoms with Crippen molar-refractivity contribution in [1.29, 1.82) is 0 Å². The minimum absolute atomic E-state index is 0.357. The maximum atomic E-state index is 12.3. The standard InChI is InChI=1S/C17H23N3O2S/c1-19(2)23(21,22)15-7-3-6-14(12-15)13-20-11-5-9-17(20)16-8-4-10-18-16/h3-4,6-8,10,12,17-18H,5,9,11,13H2,1-2H3/t17-/m1/s1. The second-order valence-corrected chi connectivity index (χ2v) is 8.34. The van der Waals surface area contributed by atoms with Crippen LogP contribution in [-0.2, 0) is 16.6 Å². The van der Waals surface area contributed by atoms with Crippen LogP contribution in [0.5, 0.6) is 0 Å². The molecule has 5 nitrogen and oxygen atoms in total. The van der Waals surface area contributed by atoms with Crippen molar-refractivity contribution in [2.75, 3.05) is 20.6 Å². The molecule has 23 heavy (non-hydrogen) atoms. The van der Waals surface area contributed by atoms with Crippen molar-refractivity contribution in [2.24, 2.45) is 0 Å². The van der Waals surface area contributed by atoms with Gasteiger partial charge in [0, 0.05) is 32.5 Å². The predicted molar refractivity (Wildman–Crippen MR) is 90.5 cm³/mol. The molecule has 1 N–H and O–H groups in total. The van der Waals surface area contributed by atoms with E-state index in [0.717, 1.165) is 25.1 Å². The zero-order valence-corrected chi connectivity index (χ0v) is 14.4. The highest BCUT2D eigenvalue weighted by Gasteiger charge is 2.27. The van der Waals surface area contributed by atoms with Crippen molar-refractivity contribution < 1.29 is 8.42 Å². The van der Waals surface area contributed by atoms with Gasteiger partial charge in [-0.15, -0.1) is 0 Å². The summed E-state index contributed by atoms with van der Waals surface area (Å²) in [5, 5.41) is 0. The van der Waals surface area contributed by atoms with E-state index in [-0.39, 0.29) is 0 Å². The van der Waals surface area contributed by atoms with Gasteiger partial charge in [0.2, 0.25) is 10.0 Å². The molecule has 0 radical (unpaired) electrons. The number of aromatic nitrogens is 1. The van der Waals surface area contributed by atoms with Crippen LogP contribution in [0, 0.1) is 0 Å². The van der Waals surface area contributed by atoms with Gasteiger partial charge in [0.1, 0.15) is 0 Å². The molecule has 2 heterocycles. The number of nitrogens with zero attached hydrogens (tertiary/aromatic N) is 2. The third-order valence-electron chi connectivity index (χ3n) is 4.41. The topological polar surface area (TPSA) is 56.4 Å². The Labute approximate surface area is 138 Å². The van der Waals surface area contributed by atoms with Crippen LogP contribution in [-0.4, -0.2) is 43.2 Å². The van der Waals surface area contributed by atoms with Crippen molar-refractivity contribution in [3.63, 3.8) is 0 Å². The van der Waals surface area contributed by atoms with Gasteiger partial charge in [-0.1, -0.05) is 12.1 Å². The van der Waals surface area contributed by atoms with E-state index >= 15 is 0 Å². The predicted octanol–water partition coefficient (Wildman–Crippen LogP) is 2.60. The molecule has 124 valence electrons. The molecule has 1 aromatic carbocycles. The summed E-state index contributed by atoms with van der Waals surface area (Å²) in [6.07, 6.45) is 4.26. The van der Waals surface area contributed by atoms with Crippen molar-refractivity contribution in [3.05, 3.63) is 53.9 Å². The van der Waals surface area contributed by atoms with Gasteiger partial charge in [0.15, 0.2) is 0 Å². The summed E-state index contributed by atoms with van der Waals surface area (Å²) in [5.74, 6) is 0. The summed E-state index contributed by atoms with van der Waals surface area (Å²) in [6, 6.07) is 11.8. The van der Waals surface area contributed by atoms with E-state index in [1.807, 2.05) is 24.4 Å². The van der Waals surface area contributed by atoms with Crippen LogP contribution in [0.2, 0.25) is 0 Å². The van der Waals surface area contributed by atoms with E-state index in [1.165, 1.54) is 16.4 Å². The molecule has 1 aliphatic rings. The number of hydrogen-bond acceptors (Lipinski definition) is 3. The summed E-state index contributed by atoms with van der Waals surface area (Å²) >= 11 is 0. The van der Waals surface area contributed by atoms with Crippen molar-refractivity contribution in [1.82, 2.24) is 14.2 Å². The second kappa shape index (κ2) is 6.47. The monoisotopic (exact) mass is 333 g/mol. The van der Waals surface area contributed by atoms with Gasteiger partial charge in [0.25, 0.3) is 0 Å². The third kappa shape index (κ3) is 3.34. The summed E-state index contributed by atoms with van der Waals surface area (Å²) in [4.78, 5) is 6.07. The Hall–Kier alpha value is -1.63. The SMILES string of the molecule is CN(C)S(=O)(=O)c1cccc(CN2CCC[C@@H]2c2ccc[nH]2)c1. The van der Waals surface area contributed by atoms with Gasteiger partial charge in [0.05, 0.1) is 10.9 Å². The highest BCUT2D eigenvalue weighted by Crippen LogP contribution is 2.32. The second-order valence-electron chi connectivity index (χ2n) is 6.19. The molecule has 0 aliphatic carbocycles. The minimum Gasteiger partial charge on any atom is -0.364 e. The number of rotatable bonds is 5. The third-order valence-corrected chi connectivity index (χ3v) is 6.22. The molecule has 0 bridgehead atoms. The number of hydrogen-bond donors (Lipinski definition) is 1. The summed E-state index contributed by atoms with van der Waals surface area (Å²) in [5.41, 5.74) is 2.27. The lowest BCUT2D eigenvalue weighted by molar-refractivity contribution is 0.245. The van der Waals surface area contributed by atoms with Gasteiger partial charge >= 0.3 is 0 Å². The average Bonchev–Trinajstić information content (AvgIpc) is 3.18. The van der Waals surface area contributed by atoms with Gasteiger partial charge in [-0.05, 0) is 49.2 Å². The number of sulfonamides is 1. The highest BCUT2D eigenvalue weighted by molar-refractivity contribution is 7.89. The molecule has 1 atom stereocenters. The largest absolute Gasteiger partial charge is 0.364 e. The van der Waals surface area contributed by atoms with Crippen LogP contribution in [0.4, 0.5) is 0 Å². The Balaban J connectivity index is 1.81. The number of benzene rings is 1. The molecule has 0 unspecified atom stereocenters. The lowest BCUT2D eigenvalue weighted by Crippen LogP contribution is -2.24. The Kier molecular flexibility index (Phi) is 4.57. The van der Waals surface area contributed by atoms with Crippen LogP contribution < -0.4 is 0 Å². The molecule has 0 spiro atoms. The van der Waals surface area contributed by atoms with Gasteiger partial charge in [-0.3, -0.25) is 4.90 Å². The van der Waals surface area contributed by atoms with E-state index in [9.17, 15) is 8.42 Å². The van der Waals surface area contributed by atoms with Crippen LogP contribution in [0.25, 0.3) is 0 Å². The van der Waals surface area contributed by atoms with Crippen LogP contribution in [0.3, 0.4) is 0 Å². The first-order valence-electron chi connectivity index (χ1n) is 7.87. The van der Waals surface area contributed by atoms with E-state index in [2.05, 4.69) is 16.0 Å². The van der Waals surface area contributed by atoms with Crippen molar-refractivity contribution in [3.8, 4) is 0 Å². The lowest BCUT2D eigenvalue weighted by Gasteiger charge is -2.24. The molecule has 1 aliphatic heterocycles. The Morgan fingerprint density at radius 2 is 2.09 bits per heavy atom. The number of aromatic amines is 1. The fourth-order valence-corrected chi connectivity index (χ4v) is 4.14. The average molecular weight is 333 g/mol. The molecule has 1 aromatic heterocycles. The number of H-pyrrole nitrogens is 1. The van der Waals surface area contributed by atoms with E-state index in [4.69, 9.17) is 0 Å². The Bertz CT molecular complexity index is 754. The van der Waals surface area contributed by atoms with Crippen LogP contribution >= 0.6 is 0 Å². The fraction of sp³-hybridized carbons (Fsp3) is 0.412. The molecule has 1 fully saturated rings. The summed E-state index contributed by atoms with van der Waals surface area (Å²) in [6.45, 7) is 1.80. The van der Waals surface area contributed by atoms with E-state index in [1.54, 1.807) is 26.2 Å². The van der Waals surface area contributed by atoms with E-state index in [0.29, 0.717) is 10.9 Å². The molecule has 6 heteroatoms. The zero-order chi connectivity index (χ0) is 16.4. The normalized spacial score (nSPS) is 19.5. The maximum Gasteiger partial charge on any atom is 0.242 e. The minimum atomic E-state index is -3.38. The van der Waals surface area contributed by atoms with Gasteiger partial charge in [-0.2, -0.15) is 0 Å². The van der Waals surface area contributed by atoms with Gasteiger partial charge in [-0.25, -0.2) is 12.7 Å². The molecule has 2 aromatic rings.